The van der Waals surface area contributed by atoms with Crippen molar-refractivity contribution in [2.45, 2.75) is 18.0 Å². The maximum absolute atomic E-state index is 13.0. The van der Waals surface area contributed by atoms with Crippen molar-refractivity contribution >= 4 is 17.5 Å². The van der Waals surface area contributed by atoms with Gasteiger partial charge in [-0.1, -0.05) is 30.0 Å². The topological polar surface area (TPSA) is 17.8 Å². The van der Waals surface area contributed by atoms with E-state index in [1.807, 2.05) is 6.07 Å². The van der Waals surface area contributed by atoms with Crippen LogP contribution in [-0.4, -0.2) is 15.7 Å². The van der Waals surface area contributed by atoms with Gasteiger partial charge in [0.1, 0.15) is 11.5 Å². The zero-order valence-corrected chi connectivity index (χ0v) is 10.9. The number of halogens is 3. The van der Waals surface area contributed by atoms with E-state index >= 15 is 0 Å². The van der Waals surface area contributed by atoms with Crippen LogP contribution in [0.5, 0.6) is 0 Å². The van der Waals surface area contributed by atoms with Crippen LogP contribution in [0.2, 0.25) is 0 Å². The lowest BCUT2D eigenvalue weighted by molar-refractivity contribution is -0.0736. The van der Waals surface area contributed by atoms with E-state index in [-0.39, 0.29) is 0 Å². The van der Waals surface area contributed by atoms with Crippen LogP contribution in [0.1, 0.15) is 5.82 Å². The molecular formula is C13H11F3N2S. The summed E-state index contributed by atoms with van der Waals surface area (Å²) in [5.74, 6) is 0.303. The minimum Gasteiger partial charge on any atom is -0.299 e. The SMILES string of the molecule is Cc1nccn1/C(=C\Sc1ccccc1)C(F)(F)F. The summed E-state index contributed by atoms with van der Waals surface area (Å²) >= 11 is 1.03. The summed E-state index contributed by atoms with van der Waals surface area (Å²) in [6.45, 7) is 1.53. The summed E-state index contributed by atoms with van der Waals surface area (Å²) in [6, 6.07) is 8.90. The van der Waals surface area contributed by atoms with E-state index in [9.17, 15) is 13.2 Å². The Morgan fingerprint density at radius 1 is 1.26 bits per heavy atom. The molecule has 2 rings (SSSR count). The molecule has 0 amide bonds. The second kappa shape index (κ2) is 5.52. The first-order valence-electron chi connectivity index (χ1n) is 5.48. The molecule has 0 aliphatic heterocycles. The molecule has 2 aromatic rings. The number of rotatable bonds is 3. The van der Waals surface area contributed by atoms with E-state index in [0.29, 0.717) is 5.82 Å². The molecule has 2 nitrogen and oxygen atoms in total. The largest absolute Gasteiger partial charge is 0.432 e. The standard InChI is InChI=1S/C13H11F3N2S/c1-10-17-7-8-18(10)12(13(14,15)16)9-19-11-5-3-2-4-6-11/h2-9H,1H3/b12-9-. The van der Waals surface area contributed by atoms with Crippen LogP contribution < -0.4 is 0 Å². The number of hydrogen-bond acceptors (Lipinski definition) is 2. The molecule has 1 aromatic carbocycles. The zero-order chi connectivity index (χ0) is 13.9. The summed E-state index contributed by atoms with van der Waals surface area (Å²) in [7, 11) is 0. The Hall–Kier alpha value is -1.69. The third kappa shape index (κ3) is 3.41. The van der Waals surface area contributed by atoms with Crippen LogP contribution >= 0.6 is 11.8 Å². The van der Waals surface area contributed by atoms with Crippen LogP contribution in [0.25, 0.3) is 5.70 Å². The smallest absolute Gasteiger partial charge is 0.299 e. The van der Waals surface area contributed by atoms with Gasteiger partial charge in [0, 0.05) is 22.7 Å². The summed E-state index contributed by atoms with van der Waals surface area (Å²) in [4.78, 5) is 4.57. The van der Waals surface area contributed by atoms with Gasteiger partial charge in [-0.15, -0.1) is 0 Å². The van der Waals surface area contributed by atoms with Crippen molar-refractivity contribution in [3.63, 3.8) is 0 Å². The molecule has 6 heteroatoms. The van der Waals surface area contributed by atoms with E-state index in [1.165, 1.54) is 19.3 Å². The van der Waals surface area contributed by atoms with Gasteiger partial charge in [-0.25, -0.2) is 4.98 Å². The van der Waals surface area contributed by atoms with E-state index in [1.54, 1.807) is 24.3 Å². The highest BCUT2D eigenvalue weighted by molar-refractivity contribution is 8.02. The van der Waals surface area contributed by atoms with Gasteiger partial charge in [0.15, 0.2) is 0 Å². The third-order valence-electron chi connectivity index (χ3n) is 2.43. The normalized spacial score (nSPS) is 12.7. The minimum absolute atomic E-state index is 0.303. The number of aryl methyl sites for hydroxylation is 1. The highest BCUT2D eigenvalue weighted by atomic mass is 32.2. The highest BCUT2D eigenvalue weighted by Crippen LogP contribution is 2.34. The zero-order valence-electron chi connectivity index (χ0n) is 10.1. The molecule has 0 unspecified atom stereocenters. The lowest BCUT2D eigenvalue weighted by Crippen LogP contribution is -2.16. The fourth-order valence-electron chi connectivity index (χ4n) is 1.52. The highest BCUT2D eigenvalue weighted by Gasteiger charge is 2.35. The second-order valence-corrected chi connectivity index (χ2v) is 4.72. The number of aromatic nitrogens is 2. The molecule has 19 heavy (non-hydrogen) atoms. The molecule has 0 aliphatic rings. The summed E-state index contributed by atoms with van der Waals surface area (Å²) in [5.41, 5.74) is -0.739. The first kappa shape index (κ1) is 13.7. The Kier molecular flexibility index (Phi) is 3.99. The maximum atomic E-state index is 13.0. The van der Waals surface area contributed by atoms with Gasteiger partial charge in [0.05, 0.1) is 0 Å². The third-order valence-corrected chi connectivity index (χ3v) is 3.31. The molecule has 0 saturated heterocycles. The lowest BCUT2D eigenvalue weighted by atomic mass is 10.4. The van der Waals surface area contributed by atoms with Crippen molar-refractivity contribution < 1.29 is 13.2 Å². The van der Waals surface area contributed by atoms with Gasteiger partial charge in [0.25, 0.3) is 0 Å². The van der Waals surface area contributed by atoms with Gasteiger partial charge < -0.3 is 0 Å². The molecule has 0 saturated carbocycles. The monoisotopic (exact) mass is 284 g/mol. The number of thioether (sulfide) groups is 1. The van der Waals surface area contributed by atoms with Gasteiger partial charge in [0.2, 0.25) is 0 Å². The Labute approximate surface area is 113 Å². The van der Waals surface area contributed by atoms with Crippen molar-refractivity contribution in [1.29, 1.82) is 0 Å². The van der Waals surface area contributed by atoms with Crippen molar-refractivity contribution in [2.24, 2.45) is 0 Å². The number of imidazole rings is 1. The molecule has 0 radical (unpaired) electrons. The second-order valence-electron chi connectivity index (χ2n) is 3.78. The number of alkyl halides is 3. The first-order valence-corrected chi connectivity index (χ1v) is 6.36. The quantitative estimate of drug-likeness (QED) is 0.780. The van der Waals surface area contributed by atoms with Gasteiger partial charge in [-0.05, 0) is 19.1 Å². The number of allylic oxidation sites excluding steroid dienone is 1. The molecule has 0 aliphatic carbocycles. The fourth-order valence-corrected chi connectivity index (χ4v) is 2.32. The Bertz CT molecular complexity index is 573. The summed E-state index contributed by atoms with van der Waals surface area (Å²) in [5, 5.41) is 1.10. The molecule has 0 N–H and O–H groups in total. The first-order chi connectivity index (χ1) is 8.98. The van der Waals surface area contributed by atoms with Crippen molar-refractivity contribution in [3.05, 3.63) is 54.0 Å². The van der Waals surface area contributed by atoms with Crippen LogP contribution in [0.15, 0.2) is 53.0 Å². The predicted molar refractivity (Wildman–Crippen MR) is 69.6 cm³/mol. The van der Waals surface area contributed by atoms with Gasteiger partial charge >= 0.3 is 6.18 Å². The van der Waals surface area contributed by atoms with Crippen LogP contribution in [0.4, 0.5) is 13.2 Å². The fraction of sp³-hybridized carbons (Fsp3) is 0.154. The van der Waals surface area contributed by atoms with E-state index in [2.05, 4.69) is 4.98 Å². The summed E-state index contributed by atoms with van der Waals surface area (Å²) < 4.78 is 40.1. The van der Waals surface area contributed by atoms with Crippen molar-refractivity contribution in [1.82, 2.24) is 9.55 Å². The van der Waals surface area contributed by atoms with Crippen molar-refractivity contribution in [2.75, 3.05) is 0 Å². The molecule has 0 bridgehead atoms. The van der Waals surface area contributed by atoms with E-state index in [4.69, 9.17) is 0 Å². The Morgan fingerprint density at radius 3 is 2.47 bits per heavy atom. The number of nitrogens with zero attached hydrogens (tertiary/aromatic N) is 2. The van der Waals surface area contributed by atoms with Gasteiger partial charge in [-0.2, -0.15) is 13.2 Å². The Balaban J connectivity index is 2.32. The number of benzene rings is 1. The van der Waals surface area contributed by atoms with Crippen LogP contribution in [0.3, 0.4) is 0 Å². The van der Waals surface area contributed by atoms with Crippen molar-refractivity contribution in [3.8, 4) is 0 Å². The molecular weight excluding hydrogens is 273 g/mol. The van der Waals surface area contributed by atoms with Crippen LogP contribution in [0, 0.1) is 6.92 Å². The minimum atomic E-state index is -4.42. The average Bonchev–Trinajstić information content (AvgIpc) is 2.76. The Morgan fingerprint density at radius 2 is 1.95 bits per heavy atom. The molecule has 1 heterocycles. The van der Waals surface area contributed by atoms with Gasteiger partial charge in [-0.3, -0.25) is 4.57 Å². The predicted octanol–water partition coefficient (Wildman–Crippen LogP) is 4.34. The molecule has 1 aromatic heterocycles. The lowest BCUT2D eigenvalue weighted by Gasteiger charge is -2.13. The molecule has 0 fully saturated rings. The van der Waals surface area contributed by atoms with E-state index in [0.717, 1.165) is 26.6 Å². The molecule has 0 spiro atoms. The van der Waals surface area contributed by atoms with E-state index < -0.39 is 11.9 Å². The molecule has 0 atom stereocenters. The number of hydrogen-bond donors (Lipinski definition) is 0. The summed E-state index contributed by atoms with van der Waals surface area (Å²) in [6.07, 6.45) is -1.77. The van der Waals surface area contributed by atoms with Crippen LogP contribution in [-0.2, 0) is 0 Å². The average molecular weight is 284 g/mol. The maximum Gasteiger partial charge on any atom is 0.432 e. The molecule has 100 valence electrons.